The van der Waals surface area contributed by atoms with Gasteiger partial charge in [0.2, 0.25) is 5.91 Å². The van der Waals surface area contributed by atoms with Crippen LogP contribution in [0.15, 0.2) is 36.5 Å². The summed E-state index contributed by atoms with van der Waals surface area (Å²) in [4.78, 5) is 24.7. The van der Waals surface area contributed by atoms with Crippen molar-refractivity contribution < 1.29 is 24.5 Å². The van der Waals surface area contributed by atoms with E-state index in [0.29, 0.717) is 19.4 Å². The molecule has 0 aromatic carbocycles. The Balaban J connectivity index is 3.42. The summed E-state index contributed by atoms with van der Waals surface area (Å²) in [5, 5.41) is 23.3. The summed E-state index contributed by atoms with van der Waals surface area (Å²) in [5.41, 5.74) is 0. The zero-order chi connectivity index (χ0) is 60.6. The Morgan fingerprint density at radius 1 is 0.333 bits per heavy atom. The molecule has 0 bridgehead atoms. The maximum absolute atomic E-state index is 12.5. The van der Waals surface area contributed by atoms with E-state index in [4.69, 9.17) is 4.74 Å². The van der Waals surface area contributed by atoms with E-state index >= 15 is 0 Å². The fraction of sp³-hybridized carbons (Fsp3) is 0.897. The fourth-order valence-electron chi connectivity index (χ4n) is 12.1. The summed E-state index contributed by atoms with van der Waals surface area (Å²) in [7, 11) is 0. The average molecular weight is 1180 g/mol. The highest BCUT2D eigenvalue weighted by atomic mass is 16.5. The highest BCUT2D eigenvalue weighted by Gasteiger charge is 2.18. The van der Waals surface area contributed by atoms with Crippen molar-refractivity contribution in [2.75, 3.05) is 13.2 Å². The summed E-state index contributed by atoms with van der Waals surface area (Å²) >= 11 is 0. The van der Waals surface area contributed by atoms with Crippen molar-refractivity contribution >= 4 is 11.9 Å². The minimum Gasteiger partial charge on any atom is -0.466 e. The number of rotatable bonds is 72. The van der Waals surface area contributed by atoms with Gasteiger partial charge in [0, 0.05) is 12.8 Å². The van der Waals surface area contributed by atoms with Crippen LogP contribution in [0.25, 0.3) is 0 Å². The highest BCUT2D eigenvalue weighted by molar-refractivity contribution is 5.76. The Hall–Kier alpha value is -1.92. The molecule has 3 N–H and O–H groups in total. The summed E-state index contributed by atoms with van der Waals surface area (Å²) < 4.78 is 5.51. The van der Waals surface area contributed by atoms with Gasteiger partial charge in [-0.15, -0.1) is 0 Å². The number of esters is 1. The second kappa shape index (κ2) is 73.5. The van der Waals surface area contributed by atoms with Gasteiger partial charge >= 0.3 is 5.97 Å². The SMILES string of the molecule is CCCCCCCCCCCCCCCCCCCCC/C=C/C(O)C(CO)NC(=O)CCCCCCCCCCCCC/C=C\C/C=C\CCCCCCCCCCCOC(=O)CCCCCCCCCCCCCCCCCCCCC. The Bertz CT molecular complexity index is 1360. The first-order chi connectivity index (χ1) is 41.5. The van der Waals surface area contributed by atoms with Crippen molar-refractivity contribution in [1.82, 2.24) is 5.32 Å². The van der Waals surface area contributed by atoms with Crippen LogP contribution in [0, 0.1) is 0 Å². The second-order valence-corrected chi connectivity index (χ2v) is 26.3. The van der Waals surface area contributed by atoms with Crippen LogP contribution in [0.4, 0.5) is 0 Å². The number of aliphatic hydroxyl groups is 2. The second-order valence-electron chi connectivity index (χ2n) is 26.3. The van der Waals surface area contributed by atoms with E-state index < -0.39 is 12.1 Å². The number of carbonyl (C=O) groups is 2. The number of nitrogens with one attached hydrogen (secondary N) is 1. The molecule has 0 spiro atoms. The van der Waals surface area contributed by atoms with E-state index in [1.165, 1.54) is 353 Å². The van der Waals surface area contributed by atoms with Crippen molar-refractivity contribution in [3.8, 4) is 0 Å². The molecule has 0 saturated heterocycles. The van der Waals surface area contributed by atoms with Gasteiger partial charge in [0.1, 0.15) is 0 Å². The van der Waals surface area contributed by atoms with Crippen molar-refractivity contribution in [3.05, 3.63) is 36.5 Å². The van der Waals surface area contributed by atoms with Crippen LogP contribution in [-0.4, -0.2) is 47.4 Å². The predicted molar refractivity (Wildman–Crippen MR) is 370 cm³/mol. The van der Waals surface area contributed by atoms with Gasteiger partial charge < -0.3 is 20.3 Å². The number of unbranched alkanes of at least 4 members (excludes halogenated alkanes) is 57. The average Bonchev–Trinajstić information content (AvgIpc) is 3.51. The third-order valence-corrected chi connectivity index (χ3v) is 17.9. The normalized spacial score (nSPS) is 12.7. The molecule has 6 nitrogen and oxygen atoms in total. The van der Waals surface area contributed by atoms with Crippen LogP contribution in [0.5, 0.6) is 0 Å². The van der Waals surface area contributed by atoms with E-state index in [2.05, 4.69) is 43.5 Å². The van der Waals surface area contributed by atoms with Crippen molar-refractivity contribution in [2.45, 2.75) is 437 Å². The van der Waals surface area contributed by atoms with Gasteiger partial charge in [-0.2, -0.15) is 0 Å². The number of amides is 1. The summed E-state index contributed by atoms with van der Waals surface area (Å²) in [6.45, 7) is 4.95. The van der Waals surface area contributed by atoms with E-state index in [-0.39, 0.29) is 18.5 Å². The van der Waals surface area contributed by atoms with Gasteiger partial charge in [-0.1, -0.05) is 384 Å². The molecule has 0 aromatic heterocycles. The van der Waals surface area contributed by atoms with E-state index in [1.54, 1.807) is 6.08 Å². The third kappa shape index (κ3) is 69.2. The van der Waals surface area contributed by atoms with E-state index in [0.717, 1.165) is 44.9 Å². The number of hydrogen-bond donors (Lipinski definition) is 3. The Labute approximate surface area is 525 Å². The Morgan fingerprint density at radius 3 is 0.905 bits per heavy atom. The predicted octanol–water partition coefficient (Wildman–Crippen LogP) is 25.0. The largest absolute Gasteiger partial charge is 0.466 e. The Kier molecular flexibility index (Phi) is 71.9. The molecule has 0 heterocycles. The number of allylic oxidation sites excluding steroid dienone is 5. The minimum absolute atomic E-state index is 0.0158. The molecule has 0 saturated carbocycles. The maximum atomic E-state index is 12.5. The van der Waals surface area contributed by atoms with Crippen LogP contribution in [0.3, 0.4) is 0 Å². The molecule has 0 aromatic rings. The van der Waals surface area contributed by atoms with Crippen molar-refractivity contribution in [2.24, 2.45) is 0 Å². The molecular weight excluding hydrogens is 1030 g/mol. The van der Waals surface area contributed by atoms with E-state index in [1.807, 2.05) is 6.08 Å². The lowest BCUT2D eigenvalue weighted by atomic mass is 10.0. The monoisotopic (exact) mass is 1180 g/mol. The molecule has 2 unspecified atom stereocenters. The Morgan fingerprint density at radius 2 is 0.595 bits per heavy atom. The number of aliphatic hydroxyl groups excluding tert-OH is 2. The topological polar surface area (TPSA) is 95.9 Å². The molecule has 2 atom stereocenters. The lowest BCUT2D eigenvalue weighted by molar-refractivity contribution is -0.143. The van der Waals surface area contributed by atoms with Gasteiger partial charge in [-0.3, -0.25) is 9.59 Å². The molecule has 6 heteroatoms. The lowest BCUT2D eigenvalue weighted by Crippen LogP contribution is -2.45. The lowest BCUT2D eigenvalue weighted by Gasteiger charge is -2.20. The number of carbonyl (C=O) groups excluding carboxylic acids is 2. The quantitative estimate of drug-likeness (QED) is 0.0320. The summed E-state index contributed by atoms with van der Waals surface area (Å²) in [5.74, 6) is -0.0513. The summed E-state index contributed by atoms with van der Waals surface area (Å²) in [6, 6.07) is -0.632. The highest BCUT2D eigenvalue weighted by Crippen LogP contribution is 2.19. The number of hydrogen-bond acceptors (Lipinski definition) is 5. The van der Waals surface area contributed by atoms with Gasteiger partial charge in [-0.05, 0) is 64.2 Å². The van der Waals surface area contributed by atoms with Crippen molar-refractivity contribution in [3.63, 3.8) is 0 Å². The first-order valence-corrected chi connectivity index (χ1v) is 38.3. The molecule has 1 amide bonds. The van der Waals surface area contributed by atoms with Crippen LogP contribution in [0.2, 0.25) is 0 Å². The minimum atomic E-state index is -0.848. The first kappa shape index (κ1) is 82.1. The standard InChI is InChI=1S/C78H149NO5/c1-3-5-7-9-11-13-15-17-19-21-23-31-35-38-42-46-50-54-58-62-66-70-76(81)75(74-80)79-77(82)71-67-63-59-55-51-47-43-39-36-32-29-27-25-24-26-28-30-33-37-41-45-49-53-57-61-65-69-73-84-78(83)72-68-64-60-56-52-48-44-40-34-22-20-18-16-14-12-10-8-6-4-2/h24-25,28,30,66,70,75-76,80-81H,3-23,26-27,29,31-65,67-69,71-74H2,1-2H3,(H,79,82)/b25-24-,30-28-,70-66+. The van der Waals surface area contributed by atoms with Gasteiger partial charge in [0.25, 0.3) is 0 Å². The molecule has 0 rings (SSSR count). The van der Waals surface area contributed by atoms with Crippen LogP contribution in [-0.2, 0) is 14.3 Å². The van der Waals surface area contributed by atoms with Crippen molar-refractivity contribution in [1.29, 1.82) is 0 Å². The number of ether oxygens (including phenoxy) is 1. The molecule has 0 aliphatic rings. The smallest absolute Gasteiger partial charge is 0.305 e. The molecule has 0 fully saturated rings. The van der Waals surface area contributed by atoms with Crippen LogP contribution in [0.1, 0.15) is 425 Å². The van der Waals surface area contributed by atoms with E-state index in [9.17, 15) is 19.8 Å². The molecular formula is C78H149NO5. The fourth-order valence-corrected chi connectivity index (χ4v) is 12.1. The van der Waals surface area contributed by atoms with Crippen LogP contribution < -0.4 is 5.32 Å². The van der Waals surface area contributed by atoms with Gasteiger partial charge in [0.05, 0.1) is 25.4 Å². The maximum Gasteiger partial charge on any atom is 0.305 e. The first-order valence-electron chi connectivity index (χ1n) is 38.3. The van der Waals surface area contributed by atoms with Gasteiger partial charge in [0.15, 0.2) is 0 Å². The molecule has 0 aliphatic carbocycles. The summed E-state index contributed by atoms with van der Waals surface area (Å²) in [6.07, 6.45) is 95.3. The molecule has 84 heavy (non-hydrogen) atoms. The van der Waals surface area contributed by atoms with Crippen LogP contribution >= 0.6 is 0 Å². The zero-order valence-corrected chi connectivity index (χ0v) is 56.9. The zero-order valence-electron chi connectivity index (χ0n) is 56.9. The molecule has 0 aliphatic heterocycles. The third-order valence-electron chi connectivity index (χ3n) is 17.9. The molecule has 496 valence electrons. The molecule has 0 radical (unpaired) electrons. The van der Waals surface area contributed by atoms with Gasteiger partial charge in [-0.25, -0.2) is 0 Å².